The SMILES string of the molecule is O=C(Nc1cnccc1[C@@H]1C[C@H](O)CC2(CC2)O1)c1ccc(F)c(-c2c(F)cccc2F)n1. The van der Waals surface area contributed by atoms with E-state index in [1.54, 1.807) is 12.3 Å². The fourth-order valence-corrected chi connectivity index (χ4v) is 4.25. The van der Waals surface area contributed by atoms with E-state index in [-0.39, 0.29) is 11.3 Å². The average molecular weight is 455 g/mol. The molecule has 1 amide bonds. The fraction of sp³-hybridized carbons (Fsp3) is 0.292. The van der Waals surface area contributed by atoms with Crippen molar-refractivity contribution in [2.24, 2.45) is 0 Å². The second kappa shape index (κ2) is 8.24. The normalized spacial score (nSPS) is 21.1. The van der Waals surface area contributed by atoms with Crippen LogP contribution < -0.4 is 5.32 Å². The van der Waals surface area contributed by atoms with E-state index < -0.39 is 46.8 Å². The zero-order valence-electron chi connectivity index (χ0n) is 17.4. The van der Waals surface area contributed by atoms with Crippen molar-refractivity contribution in [2.45, 2.75) is 43.5 Å². The lowest BCUT2D eigenvalue weighted by Crippen LogP contribution is -2.33. The smallest absolute Gasteiger partial charge is 0.274 e. The lowest BCUT2D eigenvalue weighted by Gasteiger charge is -2.34. The van der Waals surface area contributed by atoms with Gasteiger partial charge in [0.25, 0.3) is 5.91 Å². The number of aliphatic hydroxyl groups is 1. The number of aliphatic hydroxyl groups excluding tert-OH is 1. The van der Waals surface area contributed by atoms with Crippen LogP contribution in [0.1, 0.15) is 47.8 Å². The minimum absolute atomic E-state index is 0.230. The van der Waals surface area contributed by atoms with Crippen LogP contribution in [0.15, 0.2) is 48.8 Å². The Hall–Kier alpha value is -3.30. The summed E-state index contributed by atoms with van der Waals surface area (Å²) in [5.74, 6) is -3.65. The summed E-state index contributed by atoms with van der Waals surface area (Å²) in [5, 5.41) is 13.0. The number of anilines is 1. The summed E-state index contributed by atoms with van der Waals surface area (Å²) in [4.78, 5) is 20.9. The molecule has 1 aliphatic heterocycles. The summed E-state index contributed by atoms with van der Waals surface area (Å²) in [5.41, 5.74) is -0.797. The van der Waals surface area contributed by atoms with Crippen molar-refractivity contribution in [3.8, 4) is 11.3 Å². The topological polar surface area (TPSA) is 84.3 Å². The average Bonchev–Trinajstić information content (AvgIpc) is 3.52. The number of hydrogen-bond donors (Lipinski definition) is 2. The molecule has 0 bridgehead atoms. The molecule has 170 valence electrons. The number of carbonyl (C=O) groups excluding carboxylic acids is 1. The Morgan fingerprint density at radius 3 is 2.58 bits per heavy atom. The summed E-state index contributed by atoms with van der Waals surface area (Å²) >= 11 is 0. The third-order valence-corrected chi connectivity index (χ3v) is 6.02. The van der Waals surface area contributed by atoms with Gasteiger partial charge in [0.15, 0.2) is 0 Å². The van der Waals surface area contributed by atoms with E-state index in [0.717, 1.165) is 43.2 Å². The first-order chi connectivity index (χ1) is 15.8. The van der Waals surface area contributed by atoms with Crippen molar-refractivity contribution in [3.05, 3.63) is 77.5 Å². The highest BCUT2D eigenvalue weighted by molar-refractivity contribution is 6.03. The van der Waals surface area contributed by atoms with E-state index in [2.05, 4.69) is 15.3 Å². The van der Waals surface area contributed by atoms with E-state index in [1.165, 1.54) is 6.20 Å². The van der Waals surface area contributed by atoms with Gasteiger partial charge in [0.05, 0.1) is 35.3 Å². The predicted octanol–water partition coefficient (Wildman–Crippen LogP) is 4.56. The molecule has 1 saturated carbocycles. The highest BCUT2D eigenvalue weighted by Crippen LogP contribution is 2.52. The first kappa shape index (κ1) is 21.5. The Kier molecular flexibility index (Phi) is 5.38. The number of halogens is 3. The standard InChI is InChI=1S/C24H20F3N3O3/c25-15-2-1-3-16(26)21(15)22-17(27)4-5-18(29-22)23(32)30-19-12-28-9-6-14(19)20-10-13(31)11-24(33-20)7-8-24/h1-6,9,12-13,20,31H,7-8,10-11H2,(H,30,32)/t13-,20-/m0/s1. The molecule has 3 aromatic rings. The largest absolute Gasteiger partial charge is 0.393 e. The maximum Gasteiger partial charge on any atom is 0.274 e. The van der Waals surface area contributed by atoms with Crippen molar-refractivity contribution < 1.29 is 27.8 Å². The molecule has 1 spiro atoms. The van der Waals surface area contributed by atoms with Gasteiger partial charge >= 0.3 is 0 Å². The number of rotatable bonds is 4. The van der Waals surface area contributed by atoms with Crippen LogP contribution in [0.2, 0.25) is 0 Å². The molecule has 5 rings (SSSR count). The van der Waals surface area contributed by atoms with Crippen LogP contribution in [0.5, 0.6) is 0 Å². The van der Waals surface area contributed by atoms with E-state index in [0.29, 0.717) is 24.1 Å². The number of pyridine rings is 2. The van der Waals surface area contributed by atoms with Gasteiger partial charge in [-0.1, -0.05) is 6.07 Å². The molecule has 2 atom stereocenters. The lowest BCUT2D eigenvalue weighted by atomic mass is 9.94. The van der Waals surface area contributed by atoms with Crippen LogP contribution in [0.3, 0.4) is 0 Å². The number of hydrogen-bond acceptors (Lipinski definition) is 5. The van der Waals surface area contributed by atoms with Gasteiger partial charge in [0, 0.05) is 24.6 Å². The molecule has 1 saturated heterocycles. The summed E-state index contributed by atoms with van der Waals surface area (Å²) in [6.45, 7) is 0. The molecule has 2 aromatic heterocycles. The monoisotopic (exact) mass is 455 g/mol. The molecular weight excluding hydrogens is 435 g/mol. The van der Waals surface area contributed by atoms with E-state index in [9.17, 15) is 23.1 Å². The minimum atomic E-state index is -0.990. The van der Waals surface area contributed by atoms with Gasteiger partial charge < -0.3 is 15.2 Å². The fourth-order valence-electron chi connectivity index (χ4n) is 4.25. The molecule has 2 N–H and O–H groups in total. The van der Waals surface area contributed by atoms with Crippen LogP contribution in [0, 0.1) is 17.5 Å². The maximum atomic E-state index is 14.4. The lowest BCUT2D eigenvalue weighted by molar-refractivity contribution is -0.113. The van der Waals surface area contributed by atoms with Crippen LogP contribution in [0.25, 0.3) is 11.3 Å². The van der Waals surface area contributed by atoms with Gasteiger partial charge in [-0.05, 0) is 43.2 Å². The molecule has 3 heterocycles. The number of benzene rings is 1. The van der Waals surface area contributed by atoms with Crippen LogP contribution in [0.4, 0.5) is 18.9 Å². The number of nitrogens with one attached hydrogen (secondary N) is 1. The third kappa shape index (κ3) is 4.21. The third-order valence-electron chi connectivity index (χ3n) is 6.02. The predicted molar refractivity (Wildman–Crippen MR) is 113 cm³/mol. The first-order valence-electron chi connectivity index (χ1n) is 10.6. The molecule has 9 heteroatoms. The number of nitrogens with zero attached hydrogens (tertiary/aromatic N) is 2. The summed E-state index contributed by atoms with van der Waals surface area (Å²) in [7, 11) is 0. The maximum absolute atomic E-state index is 14.4. The van der Waals surface area contributed by atoms with Crippen LogP contribution in [-0.2, 0) is 4.74 Å². The molecular formula is C24H20F3N3O3. The molecule has 0 radical (unpaired) electrons. The number of amides is 1. The zero-order valence-corrected chi connectivity index (χ0v) is 17.4. The van der Waals surface area contributed by atoms with Crippen molar-refractivity contribution >= 4 is 11.6 Å². The van der Waals surface area contributed by atoms with Crippen LogP contribution >= 0.6 is 0 Å². The zero-order chi connectivity index (χ0) is 23.2. The Balaban J connectivity index is 1.43. The second-order valence-corrected chi connectivity index (χ2v) is 8.42. The first-order valence-corrected chi connectivity index (χ1v) is 10.6. The molecule has 2 fully saturated rings. The van der Waals surface area contributed by atoms with E-state index >= 15 is 0 Å². The summed E-state index contributed by atoms with van der Waals surface area (Å²) in [6.07, 6.45) is 4.77. The highest BCUT2D eigenvalue weighted by Gasteiger charge is 2.50. The molecule has 1 aromatic carbocycles. The van der Waals surface area contributed by atoms with Gasteiger partial charge in [0.1, 0.15) is 28.8 Å². The number of carbonyl (C=O) groups is 1. The van der Waals surface area contributed by atoms with Crippen molar-refractivity contribution in [2.75, 3.05) is 5.32 Å². The van der Waals surface area contributed by atoms with Gasteiger partial charge in [-0.25, -0.2) is 18.2 Å². The van der Waals surface area contributed by atoms with Gasteiger partial charge in [-0.2, -0.15) is 0 Å². The Bertz CT molecular complexity index is 1210. The molecule has 33 heavy (non-hydrogen) atoms. The molecule has 1 aliphatic carbocycles. The van der Waals surface area contributed by atoms with Crippen LogP contribution in [-0.4, -0.2) is 32.7 Å². The minimum Gasteiger partial charge on any atom is -0.393 e. The Morgan fingerprint density at radius 2 is 1.85 bits per heavy atom. The van der Waals surface area contributed by atoms with Gasteiger partial charge in [0.2, 0.25) is 0 Å². The molecule has 2 aliphatic rings. The van der Waals surface area contributed by atoms with E-state index in [1.807, 2.05) is 0 Å². The molecule has 6 nitrogen and oxygen atoms in total. The van der Waals surface area contributed by atoms with E-state index in [4.69, 9.17) is 4.74 Å². The number of aromatic nitrogens is 2. The quantitative estimate of drug-likeness (QED) is 0.603. The second-order valence-electron chi connectivity index (χ2n) is 8.42. The number of ether oxygens (including phenoxy) is 1. The van der Waals surface area contributed by atoms with Gasteiger partial charge in [-0.3, -0.25) is 9.78 Å². The Morgan fingerprint density at radius 1 is 1.09 bits per heavy atom. The van der Waals surface area contributed by atoms with Crippen molar-refractivity contribution in [1.82, 2.24) is 9.97 Å². The van der Waals surface area contributed by atoms with Crippen molar-refractivity contribution in [3.63, 3.8) is 0 Å². The highest BCUT2D eigenvalue weighted by atomic mass is 19.1. The van der Waals surface area contributed by atoms with Gasteiger partial charge in [-0.15, -0.1) is 0 Å². The van der Waals surface area contributed by atoms with Crippen molar-refractivity contribution in [1.29, 1.82) is 0 Å². The Labute approximate surface area is 187 Å². The summed E-state index contributed by atoms with van der Waals surface area (Å²) < 4.78 is 48.9. The summed E-state index contributed by atoms with van der Waals surface area (Å²) in [6, 6.07) is 6.89. The molecule has 0 unspecified atom stereocenters.